The molecule has 0 saturated carbocycles. The number of carboxylic acids is 2. The standard InChI is InChI=1S/2C5H10O2.H2S/c2*1-4(2)3-5(6)7;/h2*4H,3H2,1-2H3,(H,6,7);1H2. The quantitative estimate of drug-likeness (QED) is 0.788. The van der Waals surface area contributed by atoms with Gasteiger partial charge in [-0.05, 0) is 11.8 Å². The molecule has 0 heterocycles. The fourth-order valence-electron chi connectivity index (χ4n) is 0.698. The number of rotatable bonds is 4. The minimum Gasteiger partial charge on any atom is -0.481 e. The molecule has 0 unspecified atom stereocenters. The maximum atomic E-state index is 9.81. The SMILES string of the molecule is CC(C)CC(=O)O.CC(C)CC(=O)O.S. The Morgan fingerprint density at radius 2 is 1.07 bits per heavy atom. The fourth-order valence-corrected chi connectivity index (χ4v) is 0.698. The molecule has 0 saturated heterocycles. The van der Waals surface area contributed by atoms with Gasteiger partial charge in [0.05, 0.1) is 0 Å². The van der Waals surface area contributed by atoms with E-state index in [4.69, 9.17) is 10.2 Å². The Morgan fingerprint density at radius 1 is 0.867 bits per heavy atom. The zero-order valence-corrected chi connectivity index (χ0v) is 10.8. The lowest BCUT2D eigenvalue weighted by Crippen LogP contribution is -1.99. The summed E-state index contributed by atoms with van der Waals surface area (Å²) in [5.41, 5.74) is 0. The lowest BCUT2D eigenvalue weighted by atomic mass is 10.1. The average Bonchev–Trinajstić information content (AvgIpc) is 1.79. The topological polar surface area (TPSA) is 74.6 Å². The van der Waals surface area contributed by atoms with E-state index >= 15 is 0 Å². The first-order valence-corrected chi connectivity index (χ1v) is 4.69. The summed E-state index contributed by atoms with van der Waals surface area (Å²) in [7, 11) is 0. The second kappa shape index (κ2) is 11.4. The fraction of sp³-hybridized carbons (Fsp3) is 0.800. The van der Waals surface area contributed by atoms with Crippen molar-refractivity contribution in [2.75, 3.05) is 0 Å². The first-order valence-electron chi connectivity index (χ1n) is 4.69. The zero-order valence-electron chi connectivity index (χ0n) is 9.78. The first kappa shape index (κ1) is 19.8. The van der Waals surface area contributed by atoms with Crippen LogP contribution in [0.3, 0.4) is 0 Å². The van der Waals surface area contributed by atoms with Crippen molar-refractivity contribution in [3.8, 4) is 0 Å². The van der Waals surface area contributed by atoms with Gasteiger partial charge in [-0.15, -0.1) is 0 Å². The molecule has 0 bridgehead atoms. The second-order valence-electron chi connectivity index (χ2n) is 3.98. The van der Waals surface area contributed by atoms with Crippen LogP contribution >= 0.6 is 13.5 Å². The van der Waals surface area contributed by atoms with Gasteiger partial charge in [0.1, 0.15) is 0 Å². The molecule has 0 aliphatic heterocycles. The summed E-state index contributed by atoms with van der Waals surface area (Å²) in [4.78, 5) is 19.6. The Hall–Kier alpha value is -0.710. The molecule has 5 heteroatoms. The molecule has 0 aromatic carbocycles. The lowest BCUT2D eigenvalue weighted by Gasteiger charge is -1.94. The molecule has 0 aromatic heterocycles. The van der Waals surface area contributed by atoms with E-state index in [9.17, 15) is 9.59 Å². The van der Waals surface area contributed by atoms with E-state index in [1.807, 2.05) is 27.7 Å². The van der Waals surface area contributed by atoms with Crippen molar-refractivity contribution in [1.82, 2.24) is 0 Å². The maximum Gasteiger partial charge on any atom is 0.303 e. The Kier molecular flexibility index (Phi) is 15.0. The molecule has 0 spiro atoms. The van der Waals surface area contributed by atoms with Crippen molar-refractivity contribution in [2.24, 2.45) is 11.8 Å². The third-order valence-corrected chi connectivity index (χ3v) is 1.17. The van der Waals surface area contributed by atoms with Gasteiger partial charge in [0, 0.05) is 12.8 Å². The van der Waals surface area contributed by atoms with Gasteiger partial charge in [-0.2, -0.15) is 13.5 Å². The number of carboxylic acid groups (broad SMARTS) is 2. The summed E-state index contributed by atoms with van der Waals surface area (Å²) in [5, 5.41) is 16.2. The Morgan fingerprint density at radius 3 is 1.07 bits per heavy atom. The normalized spacial score (nSPS) is 8.93. The van der Waals surface area contributed by atoms with E-state index in [0.29, 0.717) is 0 Å². The number of aliphatic carboxylic acids is 2. The van der Waals surface area contributed by atoms with Crippen molar-refractivity contribution in [2.45, 2.75) is 40.5 Å². The third-order valence-electron chi connectivity index (χ3n) is 1.17. The van der Waals surface area contributed by atoms with Crippen LogP contribution in [0.25, 0.3) is 0 Å². The van der Waals surface area contributed by atoms with E-state index in [1.54, 1.807) is 0 Å². The molecular formula is C10H22O4S. The van der Waals surface area contributed by atoms with Crippen molar-refractivity contribution in [3.05, 3.63) is 0 Å². The monoisotopic (exact) mass is 238 g/mol. The molecule has 0 fully saturated rings. The molecule has 0 radical (unpaired) electrons. The molecule has 92 valence electrons. The predicted molar refractivity (Wildman–Crippen MR) is 64.6 cm³/mol. The van der Waals surface area contributed by atoms with Crippen molar-refractivity contribution in [1.29, 1.82) is 0 Å². The minimum absolute atomic E-state index is 0. The Labute approximate surface area is 98.1 Å². The number of hydrogen-bond donors (Lipinski definition) is 2. The molecule has 0 atom stereocenters. The summed E-state index contributed by atoms with van der Waals surface area (Å²) >= 11 is 0. The highest BCUT2D eigenvalue weighted by atomic mass is 32.1. The smallest absolute Gasteiger partial charge is 0.303 e. The van der Waals surface area contributed by atoms with Gasteiger partial charge in [-0.1, -0.05) is 27.7 Å². The molecule has 0 rings (SSSR count). The third kappa shape index (κ3) is 31.9. The van der Waals surface area contributed by atoms with Crippen LogP contribution in [0.5, 0.6) is 0 Å². The van der Waals surface area contributed by atoms with Crippen molar-refractivity contribution in [3.63, 3.8) is 0 Å². The summed E-state index contributed by atoms with van der Waals surface area (Å²) in [6, 6.07) is 0. The van der Waals surface area contributed by atoms with Gasteiger partial charge in [-0.3, -0.25) is 9.59 Å². The van der Waals surface area contributed by atoms with Crippen LogP contribution in [0.2, 0.25) is 0 Å². The average molecular weight is 238 g/mol. The van der Waals surface area contributed by atoms with Gasteiger partial charge >= 0.3 is 11.9 Å². The summed E-state index contributed by atoms with van der Waals surface area (Å²) in [6.07, 6.45) is 0.556. The first-order chi connectivity index (χ1) is 6.25. The maximum absolute atomic E-state index is 9.81. The molecule has 4 nitrogen and oxygen atoms in total. The largest absolute Gasteiger partial charge is 0.481 e. The number of hydrogen-bond acceptors (Lipinski definition) is 2. The molecule has 2 N–H and O–H groups in total. The van der Waals surface area contributed by atoms with Crippen LogP contribution < -0.4 is 0 Å². The van der Waals surface area contributed by atoms with E-state index < -0.39 is 11.9 Å². The second-order valence-corrected chi connectivity index (χ2v) is 3.98. The van der Waals surface area contributed by atoms with Crippen LogP contribution in [0.15, 0.2) is 0 Å². The summed E-state index contributed by atoms with van der Waals surface area (Å²) < 4.78 is 0. The van der Waals surface area contributed by atoms with Crippen molar-refractivity contribution >= 4 is 25.4 Å². The van der Waals surface area contributed by atoms with E-state index in [1.165, 1.54) is 0 Å². The summed E-state index contributed by atoms with van der Waals surface area (Å²) in [5.74, 6) is -0.875. The molecule has 0 aromatic rings. The van der Waals surface area contributed by atoms with Crippen LogP contribution in [0.4, 0.5) is 0 Å². The van der Waals surface area contributed by atoms with Gasteiger partial charge in [0.2, 0.25) is 0 Å². The van der Waals surface area contributed by atoms with E-state index in [0.717, 1.165) is 0 Å². The van der Waals surface area contributed by atoms with Gasteiger partial charge in [-0.25, -0.2) is 0 Å². The Bertz CT molecular complexity index is 158. The minimum atomic E-state index is -0.713. The molecule has 0 aliphatic rings. The lowest BCUT2D eigenvalue weighted by molar-refractivity contribution is -0.138. The molecular weight excluding hydrogens is 216 g/mol. The molecule has 15 heavy (non-hydrogen) atoms. The summed E-state index contributed by atoms with van der Waals surface area (Å²) in [6.45, 7) is 7.53. The van der Waals surface area contributed by atoms with Crippen LogP contribution in [-0.4, -0.2) is 22.2 Å². The van der Waals surface area contributed by atoms with Gasteiger partial charge in [0.15, 0.2) is 0 Å². The Balaban J connectivity index is -0.000000180. The highest BCUT2D eigenvalue weighted by Gasteiger charge is 1.99. The van der Waals surface area contributed by atoms with E-state index in [2.05, 4.69) is 0 Å². The van der Waals surface area contributed by atoms with Crippen LogP contribution in [-0.2, 0) is 9.59 Å². The van der Waals surface area contributed by atoms with Gasteiger partial charge in [0.25, 0.3) is 0 Å². The zero-order chi connectivity index (χ0) is 11.7. The van der Waals surface area contributed by atoms with Crippen molar-refractivity contribution < 1.29 is 19.8 Å². The molecule has 0 amide bonds. The highest BCUT2D eigenvalue weighted by Crippen LogP contribution is 1.97. The highest BCUT2D eigenvalue weighted by molar-refractivity contribution is 7.59. The number of carbonyl (C=O) groups is 2. The van der Waals surface area contributed by atoms with Gasteiger partial charge < -0.3 is 10.2 Å². The predicted octanol–water partition coefficient (Wildman–Crippen LogP) is 2.35. The van der Waals surface area contributed by atoms with Crippen LogP contribution in [0.1, 0.15) is 40.5 Å². The molecule has 0 aliphatic carbocycles. The van der Waals surface area contributed by atoms with Crippen LogP contribution in [0, 0.1) is 11.8 Å². The van der Waals surface area contributed by atoms with E-state index in [-0.39, 0.29) is 38.2 Å².